The Bertz CT molecular complexity index is 509. The van der Waals surface area contributed by atoms with Crippen LogP contribution in [0.25, 0.3) is 0 Å². The van der Waals surface area contributed by atoms with Crippen molar-refractivity contribution in [3.05, 3.63) is 57.5 Å². The molecule has 17 heavy (non-hydrogen) atoms. The number of pyridine rings is 1. The highest BCUT2D eigenvalue weighted by atomic mass is 35.5. The van der Waals surface area contributed by atoms with Gasteiger partial charge < -0.3 is 9.94 Å². The van der Waals surface area contributed by atoms with E-state index >= 15 is 0 Å². The first-order chi connectivity index (χ1) is 8.06. The van der Waals surface area contributed by atoms with Crippen LogP contribution in [0.2, 0.25) is 10.0 Å². The Hall–Kier alpha value is -1.45. The fourth-order valence-corrected chi connectivity index (χ4v) is 1.60. The van der Waals surface area contributed by atoms with E-state index in [1.165, 1.54) is 6.20 Å². The van der Waals surface area contributed by atoms with Crippen LogP contribution in [-0.4, -0.2) is 0 Å². The Morgan fingerprint density at radius 3 is 2.41 bits per heavy atom. The second-order valence-electron chi connectivity index (χ2n) is 3.51. The lowest BCUT2D eigenvalue weighted by Gasteiger charge is -2.07. The van der Waals surface area contributed by atoms with Crippen molar-refractivity contribution in [2.75, 3.05) is 0 Å². The van der Waals surface area contributed by atoms with Crippen molar-refractivity contribution in [2.45, 2.75) is 6.92 Å². The Labute approximate surface area is 109 Å². The fourth-order valence-electron chi connectivity index (χ4n) is 1.32. The summed E-state index contributed by atoms with van der Waals surface area (Å²) in [6, 6.07) is 8.22. The van der Waals surface area contributed by atoms with E-state index in [2.05, 4.69) is 0 Å². The zero-order valence-corrected chi connectivity index (χ0v) is 10.5. The lowest BCUT2D eigenvalue weighted by molar-refractivity contribution is -0.612. The molecule has 0 saturated heterocycles. The molecular weight excluding hydrogens is 261 g/mol. The second kappa shape index (κ2) is 4.82. The number of halogens is 2. The van der Waals surface area contributed by atoms with E-state index in [0.717, 1.165) is 4.73 Å². The molecule has 2 aromatic rings. The third-order valence-electron chi connectivity index (χ3n) is 2.20. The van der Waals surface area contributed by atoms with Gasteiger partial charge in [0.25, 0.3) is 0 Å². The van der Waals surface area contributed by atoms with Crippen LogP contribution < -0.4 is 9.47 Å². The smallest absolute Gasteiger partial charge is 0.193 e. The number of hydrogen-bond acceptors (Lipinski definition) is 2. The van der Waals surface area contributed by atoms with Crippen LogP contribution in [0, 0.1) is 12.1 Å². The molecule has 88 valence electrons. The number of hydrogen-bond donors (Lipinski definition) is 0. The van der Waals surface area contributed by atoms with E-state index in [1.807, 2.05) is 0 Å². The molecule has 0 fully saturated rings. The van der Waals surface area contributed by atoms with Crippen LogP contribution in [0.15, 0.2) is 36.5 Å². The van der Waals surface area contributed by atoms with E-state index in [9.17, 15) is 5.21 Å². The van der Waals surface area contributed by atoms with E-state index in [-0.39, 0.29) is 0 Å². The SMILES string of the molecule is Cc1cc(Oc2ccc(Cl)c(Cl)c2)cc[n+]1[O-]. The zero-order chi connectivity index (χ0) is 12.4. The molecule has 0 atom stereocenters. The molecular formula is C12H9Cl2NO2. The number of benzene rings is 1. The lowest BCUT2D eigenvalue weighted by Crippen LogP contribution is -2.28. The van der Waals surface area contributed by atoms with E-state index < -0.39 is 0 Å². The van der Waals surface area contributed by atoms with Crippen molar-refractivity contribution < 1.29 is 9.47 Å². The Balaban J connectivity index is 2.25. The van der Waals surface area contributed by atoms with Gasteiger partial charge in [0.1, 0.15) is 11.5 Å². The van der Waals surface area contributed by atoms with Crippen LogP contribution in [0.4, 0.5) is 0 Å². The average Bonchev–Trinajstić information content (AvgIpc) is 2.29. The number of aryl methyl sites for hydroxylation is 1. The molecule has 5 heteroatoms. The van der Waals surface area contributed by atoms with Crippen molar-refractivity contribution in [3.63, 3.8) is 0 Å². The van der Waals surface area contributed by atoms with Crippen LogP contribution in [0.5, 0.6) is 11.5 Å². The van der Waals surface area contributed by atoms with Gasteiger partial charge in [-0.3, -0.25) is 0 Å². The number of ether oxygens (including phenoxy) is 1. The molecule has 0 bridgehead atoms. The molecule has 0 saturated carbocycles. The summed E-state index contributed by atoms with van der Waals surface area (Å²) in [6.07, 6.45) is 1.39. The molecule has 0 N–H and O–H groups in total. The Morgan fingerprint density at radius 1 is 1.06 bits per heavy atom. The van der Waals surface area contributed by atoms with Gasteiger partial charge in [0, 0.05) is 25.1 Å². The quantitative estimate of drug-likeness (QED) is 0.615. The highest BCUT2D eigenvalue weighted by Crippen LogP contribution is 2.29. The largest absolute Gasteiger partial charge is 0.619 e. The maximum atomic E-state index is 11.1. The molecule has 1 aromatic carbocycles. The standard InChI is InChI=1S/C12H9Cl2NO2/c1-8-6-10(4-5-15(8)16)17-9-2-3-11(13)12(14)7-9/h2-7H,1H3. The topological polar surface area (TPSA) is 36.2 Å². The van der Waals surface area contributed by atoms with Crippen LogP contribution in [-0.2, 0) is 0 Å². The van der Waals surface area contributed by atoms with Gasteiger partial charge in [-0.15, -0.1) is 0 Å². The van der Waals surface area contributed by atoms with Crippen LogP contribution in [0.3, 0.4) is 0 Å². The Morgan fingerprint density at radius 2 is 1.76 bits per heavy atom. The molecule has 0 spiro atoms. The molecule has 0 aliphatic rings. The molecule has 0 aliphatic heterocycles. The molecule has 3 nitrogen and oxygen atoms in total. The predicted molar refractivity (Wildman–Crippen MR) is 66.7 cm³/mol. The summed E-state index contributed by atoms with van der Waals surface area (Å²) >= 11 is 11.7. The maximum absolute atomic E-state index is 11.1. The van der Waals surface area contributed by atoms with Gasteiger partial charge in [-0.05, 0) is 12.1 Å². The number of nitrogens with zero attached hydrogens (tertiary/aromatic N) is 1. The Kier molecular flexibility index (Phi) is 3.41. The van der Waals surface area contributed by atoms with E-state index in [0.29, 0.717) is 27.2 Å². The molecule has 0 aliphatic carbocycles. The first kappa shape index (κ1) is 12.0. The van der Waals surface area contributed by atoms with Gasteiger partial charge in [-0.2, -0.15) is 4.73 Å². The summed E-state index contributed by atoms with van der Waals surface area (Å²) in [7, 11) is 0. The summed E-state index contributed by atoms with van der Waals surface area (Å²) in [4.78, 5) is 0. The predicted octanol–water partition coefficient (Wildman–Crippen LogP) is 3.73. The van der Waals surface area contributed by atoms with E-state index in [4.69, 9.17) is 27.9 Å². The maximum Gasteiger partial charge on any atom is 0.193 e. The second-order valence-corrected chi connectivity index (χ2v) is 4.32. The average molecular weight is 270 g/mol. The zero-order valence-electron chi connectivity index (χ0n) is 8.98. The normalized spacial score (nSPS) is 10.3. The van der Waals surface area contributed by atoms with Crippen LogP contribution >= 0.6 is 23.2 Å². The summed E-state index contributed by atoms with van der Waals surface area (Å²) in [5, 5.41) is 12.0. The summed E-state index contributed by atoms with van der Waals surface area (Å²) in [5.74, 6) is 1.15. The van der Waals surface area contributed by atoms with E-state index in [1.54, 1.807) is 37.3 Å². The molecule has 1 aromatic heterocycles. The minimum absolute atomic E-state index is 0.427. The number of rotatable bonds is 2. The highest BCUT2D eigenvalue weighted by molar-refractivity contribution is 6.42. The molecule has 0 amide bonds. The minimum atomic E-state index is 0.427. The van der Waals surface area contributed by atoms with Crippen molar-refractivity contribution in [3.8, 4) is 11.5 Å². The first-order valence-electron chi connectivity index (χ1n) is 4.89. The lowest BCUT2D eigenvalue weighted by atomic mass is 10.3. The van der Waals surface area contributed by atoms with Crippen LogP contribution in [0.1, 0.15) is 5.69 Å². The van der Waals surface area contributed by atoms with Crippen molar-refractivity contribution in [1.82, 2.24) is 0 Å². The fraction of sp³-hybridized carbons (Fsp3) is 0.0833. The van der Waals surface area contributed by atoms with Crippen molar-refractivity contribution >= 4 is 23.2 Å². The molecule has 0 unspecified atom stereocenters. The summed E-state index contributed by atoms with van der Waals surface area (Å²) in [6.45, 7) is 1.70. The molecule has 1 heterocycles. The van der Waals surface area contributed by atoms with Crippen molar-refractivity contribution in [1.29, 1.82) is 0 Å². The van der Waals surface area contributed by atoms with Gasteiger partial charge in [-0.25, -0.2) is 0 Å². The molecule has 2 rings (SSSR count). The summed E-state index contributed by atoms with van der Waals surface area (Å²) in [5.41, 5.74) is 0.558. The monoisotopic (exact) mass is 269 g/mol. The highest BCUT2D eigenvalue weighted by Gasteiger charge is 2.05. The van der Waals surface area contributed by atoms with Gasteiger partial charge in [0.2, 0.25) is 0 Å². The third kappa shape index (κ3) is 2.81. The number of aromatic nitrogens is 1. The van der Waals surface area contributed by atoms with Crippen molar-refractivity contribution in [2.24, 2.45) is 0 Å². The first-order valence-corrected chi connectivity index (χ1v) is 5.64. The van der Waals surface area contributed by atoms with Gasteiger partial charge in [-0.1, -0.05) is 23.2 Å². The minimum Gasteiger partial charge on any atom is -0.619 e. The van der Waals surface area contributed by atoms with Gasteiger partial charge >= 0.3 is 0 Å². The van der Waals surface area contributed by atoms with Gasteiger partial charge in [0.15, 0.2) is 11.9 Å². The molecule has 0 radical (unpaired) electrons. The summed E-state index contributed by atoms with van der Waals surface area (Å²) < 4.78 is 6.32. The van der Waals surface area contributed by atoms with Gasteiger partial charge in [0.05, 0.1) is 10.0 Å². The third-order valence-corrected chi connectivity index (χ3v) is 2.94.